The molecular formula is C18H21NO2. The van der Waals surface area contributed by atoms with Crippen LogP contribution in [0, 0.1) is 5.41 Å². The number of para-hydroxylation sites is 1. The molecule has 3 rings (SSSR count). The predicted octanol–water partition coefficient (Wildman–Crippen LogP) is 3.72. The molecule has 0 unspecified atom stereocenters. The second-order valence-electron chi connectivity index (χ2n) is 6.47. The van der Waals surface area contributed by atoms with E-state index in [4.69, 9.17) is 4.74 Å². The minimum Gasteiger partial charge on any atom is -0.492 e. The maximum atomic E-state index is 12.2. The molecule has 0 amide bonds. The molecule has 0 N–H and O–H groups in total. The number of carbonyl (C=O) groups excluding carboxylic acids is 1. The van der Waals surface area contributed by atoms with Gasteiger partial charge in [-0.3, -0.25) is 4.79 Å². The Morgan fingerprint density at radius 3 is 2.67 bits per heavy atom. The van der Waals surface area contributed by atoms with Gasteiger partial charge in [-0.25, -0.2) is 0 Å². The largest absolute Gasteiger partial charge is 0.492 e. The van der Waals surface area contributed by atoms with Crippen LogP contribution >= 0.6 is 0 Å². The standard InChI is InChI=1S/C18H21NO2/c1-18(2)12-16-15(17(20)13-18)8-9-19(16)10-11-21-14-6-4-3-5-7-14/h3-9H,10-13H2,1-2H3. The normalized spacial score (nSPS) is 16.6. The molecular weight excluding hydrogens is 262 g/mol. The number of hydrogen-bond acceptors (Lipinski definition) is 2. The summed E-state index contributed by atoms with van der Waals surface area (Å²) in [6.45, 7) is 5.70. The summed E-state index contributed by atoms with van der Waals surface area (Å²) in [6.07, 6.45) is 3.61. The molecule has 0 bridgehead atoms. The van der Waals surface area contributed by atoms with Crippen LogP contribution in [0.1, 0.15) is 36.3 Å². The number of Topliss-reactive ketones (excluding diaryl/α,β-unsaturated/α-hetero) is 1. The zero-order chi connectivity index (χ0) is 14.9. The van der Waals surface area contributed by atoms with Crippen LogP contribution in [0.15, 0.2) is 42.6 Å². The highest BCUT2D eigenvalue weighted by Crippen LogP contribution is 2.35. The Morgan fingerprint density at radius 2 is 1.90 bits per heavy atom. The van der Waals surface area contributed by atoms with E-state index in [0.717, 1.165) is 30.0 Å². The monoisotopic (exact) mass is 283 g/mol. The van der Waals surface area contributed by atoms with Gasteiger partial charge >= 0.3 is 0 Å². The molecule has 0 spiro atoms. The van der Waals surface area contributed by atoms with E-state index < -0.39 is 0 Å². The van der Waals surface area contributed by atoms with E-state index in [1.807, 2.05) is 42.6 Å². The highest BCUT2D eigenvalue weighted by molar-refractivity contribution is 5.98. The number of ether oxygens (including phenoxy) is 1. The summed E-state index contributed by atoms with van der Waals surface area (Å²) < 4.78 is 7.91. The predicted molar refractivity (Wildman–Crippen MR) is 82.8 cm³/mol. The lowest BCUT2D eigenvalue weighted by molar-refractivity contribution is 0.0909. The van der Waals surface area contributed by atoms with Gasteiger partial charge < -0.3 is 9.30 Å². The highest BCUT2D eigenvalue weighted by Gasteiger charge is 2.32. The van der Waals surface area contributed by atoms with Gasteiger partial charge in [-0.1, -0.05) is 32.0 Å². The SMILES string of the molecule is CC1(C)CC(=O)c2ccn(CCOc3ccccc3)c2C1. The molecule has 0 fully saturated rings. The molecule has 3 heteroatoms. The molecule has 1 aliphatic rings. The van der Waals surface area contributed by atoms with Crippen LogP contribution in [0.2, 0.25) is 0 Å². The number of fused-ring (bicyclic) bond motifs is 1. The van der Waals surface area contributed by atoms with E-state index in [-0.39, 0.29) is 11.2 Å². The smallest absolute Gasteiger partial charge is 0.165 e. The first kappa shape index (κ1) is 13.9. The van der Waals surface area contributed by atoms with Crippen molar-refractivity contribution in [3.8, 4) is 5.75 Å². The fourth-order valence-corrected chi connectivity index (χ4v) is 2.99. The first-order chi connectivity index (χ1) is 10.1. The topological polar surface area (TPSA) is 31.2 Å². The average Bonchev–Trinajstić information content (AvgIpc) is 2.82. The van der Waals surface area contributed by atoms with Crippen LogP contribution in [0.25, 0.3) is 0 Å². The second-order valence-corrected chi connectivity index (χ2v) is 6.47. The first-order valence-electron chi connectivity index (χ1n) is 7.44. The van der Waals surface area contributed by atoms with Crippen LogP contribution in [-0.2, 0) is 13.0 Å². The number of rotatable bonds is 4. The fraction of sp³-hybridized carbons (Fsp3) is 0.389. The summed E-state index contributed by atoms with van der Waals surface area (Å²) in [5, 5.41) is 0. The van der Waals surface area contributed by atoms with Crippen molar-refractivity contribution in [3.05, 3.63) is 53.9 Å². The number of nitrogens with zero attached hydrogens (tertiary/aromatic N) is 1. The van der Waals surface area contributed by atoms with Gasteiger partial charge in [0.2, 0.25) is 0 Å². The van der Waals surface area contributed by atoms with E-state index in [1.54, 1.807) is 0 Å². The highest BCUT2D eigenvalue weighted by atomic mass is 16.5. The Kier molecular flexibility index (Phi) is 3.58. The zero-order valence-electron chi connectivity index (χ0n) is 12.6. The van der Waals surface area contributed by atoms with Crippen molar-refractivity contribution >= 4 is 5.78 Å². The van der Waals surface area contributed by atoms with Crippen molar-refractivity contribution in [2.24, 2.45) is 5.41 Å². The van der Waals surface area contributed by atoms with E-state index in [0.29, 0.717) is 13.0 Å². The summed E-state index contributed by atoms with van der Waals surface area (Å²) >= 11 is 0. The lowest BCUT2D eigenvalue weighted by atomic mass is 9.76. The number of aromatic nitrogens is 1. The summed E-state index contributed by atoms with van der Waals surface area (Å²) in [4.78, 5) is 12.2. The zero-order valence-corrected chi connectivity index (χ0v) is 12.6. The van der Waals surface area contributed by atoms with Crippen LogP contribution in [-0.4, -0.2) is 17.0 Å². The molecule has 1 heterocycles. The van der Waals surface area contributed by atoms with Gasteiger partial charge in [0.25, 0.3) is 0 Å². The molecule has 21 heavy (non-hydrogen) atoms. The molecule has 1 aromatic heterocycles. The van der Waals surface area contributed by atoms with Gasteiger partial charge in [-0.2, -0.15) is 0 Å². The van der Waals surface area contributed by atoms with E-state index in [1.165, 1.54) is 0 Å². The molecule has 0 saturated carbocycles. The Morgan fingerprint density at radius 1 is 1.14 bits per heavy atom. The molecule has 0 aliphatic heterocycles. The van der Waals surface area contributed by atoms with Crippen LogP contribution in [0.4, 0.5) is 0 Å². The summed E-state index contributed by atoms with van der Waals surface area (Å²) in [5.41, 5.74) is 2.11. The fourth-order valence-electron chi connectivity index (χ4n) is 2.99. The third-order valence-electron chi connectivity index (χ3n) is 4.01. The van der Waals surface area contributed by atoms with Gasteiger partial charge in [0.15, 0.2) is 5.78 Å². The maximum Gasteiger partial charge on any atom is 0.165 e. The van der Waals surface area contributed by atoms with Gasteiger partial charge in [-0.05, 0) is 30.0 Å². The van der Waals surface area contributed by atoms with Crippen molar-refractivity contribution in [2.75, 3.05) is 6.61 Å². The van der Waals surface area contributed by atoms with Gasteiger partial charge in [0, 0.05) is 23.9 Å². The third kappa shape index (κ3) is 3.02. The third-order valence-corrected chi connectivity index (χ3v) is 4.01. The minimum absolute atomic E-state index is 0.0560. The molecule has 1 aromatic carbocycles. The van der Waals surface area contributed by atoms with Crippen LogP contribution < -0.4 is 4.74 Å². The van der Waals surface area contributed by atoms with Crippen molar-refractivity contribution < 1.29 is 9.53 Å². The van der Waals surface area contributed by atoms with Gasteiger partial charge in [0.05, 0.1) is 6.54 Å². The van der Waals surface area contributed by atoms with Crippen LogP contribution in [0.5, 0.6) is 5.75 Å². The quantitative estimate of drug-likeness (QED) is 0.856. The Balaban J connectivity index is 1.69. The van der Waals surface area contributed by atoms with Crippen molar-refractivity contribution in [2.45, 2.75) is 33.2 Å². The molecule has 2 aromatic rings. The van der Waals surface area contributed by atoms with E-state index in [2.05, 4.69) is 18.4 Å². The maximum absolute atomic E-state index is 12.2. The Labute approximate surface area is 125 Å². The Hall–Kier alpha value is -2.03. The number of benzene rings is 1. The molecule has 0 radical (unpaired) electrons. The minimum atomic E-state index is 0.0560. The molecule has 110 valence electrons. The average molecular weight is 283 g/mol. The van der Waals surface area contributed by atoms with Crippen LogP contribution in [0.3, 0.4) is 0 Å². The molecule has 3 nitrogen and oxygen atoms in total. The van der Waals surface area contributed by atoms with Gasteiger partial charge in [0.1, 0.15) is 12.4 Å². The molecule has 0 saturated heterocycles. The van der Waals surface area contributed by atoms with E-state index >= 15 is 0 Å². The summed E-state index contributed by atoms with van der Waals surface area (Å²) in [6, 6.07) is 11.8. The lowest BCUT2D eigenvalue weighted by Crippen LogP contribution is -2.28. The van der Waals surface area contributed by atoms with Crippen molar-refractivity contribution in [1.29, 1.82) is 0 Å². The van der Waals surface area contributed by atoms with Crippen molar-refractivity contribution in [3.63, 3.8) is 0 Å². The summed E-state index contributed by atoms with van der Waals surface area (Å²) in [7, 11) is 0. The summed E-state index contributed by atoms with van der Waals surface area (Å²) in [5.74, 6) is 1.15. The van der Waals surface area contributed by atoms with Gasteiger partial charge in [-0.15, -0.1) is 0 Å². The number of ketones is 1. The first-order valence-corrected chi connectivity index (χ1v) is 7.44. The second kappa shape index (κ2) is 5.40. The molecule has 1 aliphatic carbocycles. The lowest BCUT2D eigenvalue weighted by Gasteiger charge is -2.29. The number of hydrogen-bond donors (Lipinski definition) is 0. The number of carbonyl (C=O) groups is 1. The van der Waals surface area contributed by atoms with Crippen molar-refractivity contribution in [1.82, 2.24) is 4.57 Å². The van der Waals surface area contributed by atoms with E-state index in [9.17, 15) is 4.79 Å². The molecule has 0 atom stereocenters. The Bertz CT molecular complexity index is 640.